The van der Waals surface area contributed by atoms with Crippen LogP contribution in [-0.2, 0) is 6.54 Å². The number of anilines is 1. The van der Waals surface area contributed by atoms with Crippen molar-refractivity contribution in [2.45, 2.75) is 20.4 Å². The molecule has 5 nitrogen and oxygen atoms in total. The molecule has 0 fully saturated rings. The maximum atomic E-state index is 11.2. The van der Waals surface area contributed by atoms with Gasteiger partial charge in [0.25, 0.3) is 0 Å². The number of nitrogens with zero attached hydrogens (tertiary/aromatic N) is 1. The number of primary amides is 1. The first-order valence-corrected chi connectivity index (χ1v) is 6.62. The monoisotopic (exact) mass is 282 g/mol. The largest absolute Gasteiger partial charge is 0.380 e. The number of nitrogens with two attached hydrogens (primary N) is 1. The highest BCUT2D eigenvalue weighted by atomic mass is 16.1. The summed E-state index contributed by atoms with van der Waals surface area (Å²) in [7, 11) is 0. The Kier molecular flexibility index (Phi) is 4.33. The van der Waals surface area contributed by atoms with Gasteiger partial charge in [0.2, 0.25) is 5.91 Å². The normalized spacial score (nSPS) is 10.2. The van der Waals surface area contributed by atoms with Crippen LogP contribution in [0.1, 0.15) is 32.9 Å². The van der Waals surface area contributed by atoms with Gasteiger partial charge < -0.3 is 16.5 Å². The summed E-state index contributed by atoms with van der Waals surface area (Å²) in [6.45, 7) is 4.54. The predicted molar refractivity (Wildman–Crippen MR) is 83.9 cm³/mol. The Morgan fingerprint density at radius 3 is 2.71 bits per heavy atom. The predicted octanol–water partition coefficient (Wildman–Crippen LogP) is 2.41. The van der Waals surface area contributed by atoms with Gasteiger partial charge in [-0.15, -0.1) is 0 Å². The number of benzene rings is 1. The fourth-order valence-electron chi connectivity index (χ4n) is 2.09. The Hall–Kier alpha value is -2.69. The second-order valence-corrected chi connectivity index (χ2v) is 4.86. The molecule has 0 spiro atoms. The molecule has 0 aliphatic rings. The number of aryl methyl sites for hydroxylation is 2. The number of carbonyl (C=O) groups is 1. The second kappa shape index (κ2) is 6.17. The van der Waals surface area contributed by atoms with Crippen molar-refractivity contribution in [3.05, 3.63) is 58.4 Å². The molecule has 0 saturated heterocycles. The van der Waals surface area contributed by atoms with E-state index >= 15 is 0 Å². The average Bonchev–Trinajstić information content (AvgIpc) is 2.46. The molecule has 0 aliphatic heterocycles. The summed E-state index contributed by atoms with van der Waals surface area (Å²) >= 11 is 0. The summed E-state index contributed by atoms with van der Waals surface area (Å²) in [5.41, 5.74) is 10.1. The van der Waals surface area contributed by atoms with Crippen molar-refractivity contribution in [2.24, 2.45) is 5.73 Å². The molecule has 0 bridgehead atoms. The number of hydrogen-bond acceptors (Lipinski definition) is 4. The number of pyridine rings is 1. The molecule has 21 heavy (non-hydrogen) atoms. The van der Waals surface area contributed by atoms with Gasteiger partial charge in [-0.2, -0.15) is 0 Å². The van der Waals surface area contributed by atoms with E-state index in [-0.39, 0.29) is 0 Å². The molecule has 2 rings (SSSR count). The molecule has 1 aromatic heterocycles. The van der Waals surface area contributed by atoms with Crippen LogP contribution in [0.2, 0.25) is 0 Å². The lowest BCUT2D eigenvalue weighted by Crippen LogP contribution is -2.12. The lowest BCUT2D eigenvalue weighted by molar-refractivity contribution is 0.100. The molecule has 108 valence electrons. The van der Waals surface area contributed by atoms with Gasteiger partial charge in [-0.1, -0.05) is 6.07 Å². The van der Waals surface area contributed by atoms with E-state index in [1.807, 2.05) is 26.0 Å². The van der Waals surface area contributed by atoms with E-state index in [4.69, 9.17) is 11.1 Å². The van der Waals surface area contributed by atoms with Crippen LogP contribution in [0.15, 0.2) is 30.3 Å². The van der Waals surface area contributed by atoms with Crippen LogP contribution in [0.5, 0.6) is 0 Å². The van der Waals surface area contributed by atoms with Crippen LogP contribution in [0.25, 0.3) is 0 Å². The fraction of sp³-hybridized carbons (Fsp3) is 0.188. The highest BCUT2D eigenvalue weighted by Gasteiger charge is 2.06. The third-order valence-electron chi connectivity index (χ3n) is 3.30. The topological polar surface area (TPSA) is 91.9 Å². The Bertz CT molecular complexity index is 695. The molecule has 0 aliphatic carbocycles. The van der Waals surface area contributed by atoms with Crippen LogP contribution in [0, 0.1) is 19.3 Å². The molecule has 0 atom stereocenters. The first kappa shape index (κ1) is 14.7. The number of rotatable bonds is 5. The molecule has 1 amide bonds. The average molecular weight is 282 g/mol. The molecule has 0 unspecified atom stereocenters. The van der Waals surface area contributed by atoms with E-state index in [1.54, 1.807) is 18.2 Å². The molecule has 2 aromatic rings. The molecule has 0 saturated carbocycles. The van der Waals surface area contributed by atoms with Gasteiger partial charge in [-0.05, 0) is 43.7 Å². The van der Waals surface area contributed by atoms with Crippen molar-refractivity contribution in [1.82, 2.24) is 4.98 Å². The quantitative estimate of drug-likeness (QED) is 0.735. The summed E-state index contributed by atoms with van der Waals surface area (Å²) in [6.07, 6.45) is 1.20. The number of hydrogen-bond donors (Lipinski definition) is 3. The minimum Gasteiger partial charge on any atom is -0.380 e. The smallest absolute Gasteiger partial charge is 0.248 e. The van der Waals surface area contributed by atoms with Crippen LogP contribution in [0.4, 0.5) is 5.69 Å². The lowest BCUT2D eigenvalue weighted by Gasteiger charge is -2.12. The standard InChI is InChI=1S/C16H18N4O/c1-10-3-4-13(11(2)20-10)9-19-15-6-5-12(16(18)21)7-14(15)8-17/h3-8,17,19H,9H2,1-2H3,(H2,18,21). The van der Waals surface area contributed by atoms with Gasteiger partial charge >= 0.3 is 0 Å². The molecule has 5 heteroatoms. The van der Waals surface area contributed by atoms with Crippen LogP contribution < -0.4 is 11.1 Å². The van der Waals surface area contributed by atoms with Crippen molar-refractivity contribution in [3.8, 4) is 0 Å². The van der Waals surface area contributed by atoms with E-state index in [0.717, 1.165) is 22.6 Å². The van der Waals surface area contributed by atoms with Gasteiger partial charge in [0, 0.05) is 41.0 Å². The van der Waals surface area contributed by atoms with Crippen LogP contribution >= 0.6 is 0 Å². The zero-order valence-electron chi connectivity index (χ0n) is 12.1. The van der Waals surface area contributed by atoms with Crippen molar-refractivity contribution in [3.63, 3.8) is 0 Å². The Morgan fingerprint density at radius 1 is 1.33 bits per heavy atom. The summed E-state index contributed by atoms with van der Waals surface area (Å²) in [6, 6.07) is 9.03. The third-order valence-corrected chi connectivity index (χ3v) is 3.30. The summed E-state index contributed by atoms with van der Waals surface area (Å²) < 4.78 is 0. The Labute approximate surface area is 123 Å². The Morgan fingerprint density at radius 2 is 2.10 bits per heavy atom. The maximum absolute atomic E-state index is 11.2. The first-order chi connectivity index (χ1) is 10.0. The molecule has 1 aromatic carbocycles. The number of nitrogens with one attached hydrogen (secondary N) is 2. The maximum Gasteiger partial charge on any atom is 0.248 e. The van der Waals surface area contributed by atoms with Gasteiger partial charge in [-0.3, -0.25) is 9.78 Å². The summed E-state index contributed by atoms with van der Waals surface area (Å²) in [4.78, 5) is 15.6. The molecular weight excluding hydrogens is 264 g/mol. The van der Waals surface area contributed by atoms with E-state index < -0.39 is 5.91 Å². The zero-order valence-corrected chi connectivity index (χ0v) is 12.1. The molecule has 4 N–H and O–H groups in total. The van der Waals surface area contributed by atoms with E-state index in [0.29, 0.717) is 17.7 Å². The van der Waals surface area contributed by atoms with Crippen molar-refractivity contribution in [2.75, 3.05) is 5.32 Å². The van der Waals surface area contributed by atoms with Crippen molar-refractivity contribution >= 4 is 17.8 Å². The minimum atomic E-state index is -0.497. The number of amides is 1. The van der Waals surface area contributed by atoms with Crippen LogP contribution in [-0.4, -0.2) is 17.1 Å². The lowest BCUT2D eigenvalue weighted by atomic mass is 10.1. The highest BCUT2D eigenvalue weighted by molar-refractivity contribution is 5.96. The van der Waals surface area contributed by atoms with Gasteiger partial charge in [-0.25, -0.2) is 0 Å². The Balaban J connectivity index is 2.19. The highest BCUT2D eigenvalue weighted by Crippen LogP contribution is 2.17. The van der Waals surface area contributed by atoms with Crippen molar-refractivity contribution < 1.29 is 4.79 Å². The zero-order chi connectivity index (χ0) is 15.4. The SMILES string of the molecule is Cc1ccc(CNc2ccc(C(N)=O)cc2C=N)c(C)n1. The van der Waals surface area contributed by atoms with Crippen LogP contribution in [0.3, 0.4) is 0 Å². The van der Waals surface area contributed by atoms with Gasteiger partial charge in [0.1, 0.15) is 0 Å². The molecular formula is C16H18N4O. The fourth-order valence-corrected chi connectivity index (χ4v) is 2.09. The minimum absolute atomic E-state index is 0.396. The molecule has 1 heterocycles. The summed E-state index contributed by atoms with van der Waals surface area (Å²) in [5.74, 6) is -0.497. The van der Waals surface area contributed by atoms with Gasteiger partial charge in [0.15, 0.2) is 0 Å². The van der Waals surface area contributed by atoms with Gasteiger partial charge in [0.05, 0.1) is 0 Å². The van der Waals surface area contributed by atoms with E-state index in [9.17, 15) is 4.79 Å². The van der Waals surface area contributed by atoms with Crippen molar-refractivity contribution in [1.29, 1.82) is 5.41 Å². The molecule has 0 radical (unpaired) electrons. The third kappa shape index (κ3) is 3.45. The number of aromatic nitrogens is 1. The first-order valence-electron chi connectivity index (χ1n) is 6.62. The van der Waals surface area contributed by atoms with E-state index in [2.05, 4.69) is 10.3 Å². The second-order valence-electron chi connectivity index (χ2n) is 4.86. The summed E-state index contributed by atoms with van der Waals surface area (Å²) in [5, 5.41) is 10.7. The number of carbonyl (C=O) groups excluding carboxylic acids is 1. The van der Waals surface area contributed by atoms with E-state index in [1.165, 1.54) is 6.21 Å².